The van der Waals surface area contributed by atoms with Crippen molar-refractivity contribution in [3.8, 4) is 5.75 Å². The third kappa shape index (κ3) is 2.97. The Morgan fingerprint density at radius 3 is 2.75 bits per heavy atom. The Morgan fingerprint density at radius 1 is 1.40 bits per heavy atom. The third-order valence-electron chi connectivity index (χ3n) is 2.54. The number of methoxy groups -OCH3 is 1. The SMILES string of the molecule is COc1ccc(NC(=O)c2ccc(Cl)[n+]([O-])c2)cc1F. The van der Waals surface area contributed by atoms with Gasteiger partial charge in [0, 0.05) is 17.8 Å². The number of pyridine rings is 1. The highest BCUT2D eigenvalue weighted by molar-refractivity contribution is 6.28. The number of hydrogen-bond acceptors (Lipinski definition) is 3. The number of nitrogens with zero attached hydrogens (tertiary/aromatic N) is 1. The standard InChI is InChI=1S/C13H10ClFN2O3/c1-20-11-4-3-9(6-10(11)15)16-13(18)8-2-5-12(14)17(19)7-8/h2-7H,1H3,(H,16,18). The van der Waals surface area contributed by atoms with Crippen LogP contribution >= 0.6 is 11.6 Å². The first kappa shape index (κ1) is 14.1. The molecule has 104 valence electrons. The minimum absolute atomic E-state index is 0.0444. The third-order valence-corrected chi connectivity index (χ3v) is 2.83. The number of carbonyl (C=O) groups is 1. The summed E-state index contributed by atoms with van der Waals surface area (Å²) in [7, 11) is 1.34. The zero-order valence-corrected chi connectivity index (χ0v) is 11.1. The fraction of sp³-hybridized carbons (Fsp3) is 0.0769. The maximum absolute atomic E-state index is 13.5. The van der Waals surface area contributed by atoms with E-state index in [0.717, 1.165) is 12.3 Å². The van der Waals surface area contributed by atoms with Crippen molar-refractivity contribution >= 4 is 23.2 Å². The minimum atomic E-state index is -0.597. The summed E-state index contributed by atoms with van der Waals surface area (Å²) in [5, 5.41) is 13.7. The smallest absolute Gasteiger partial charge is 0.286 e. The summed E-state index contributed by atoms with van der Waals surface area (Å²) in [4.78, 5) is 11.9. The van der Waals surface area contributed by atoms with Gasteiger partial charge in [0.15, 0.2) is 17.8 Å². The monoisotopic (exact) mass is 296 g/mol. The Labute approximate surface area is 119 Å². The van der Waals surface area contributed by atoms with Gasteiger partial charge in [0.05, 0.1) is 7.11 Å². The zero-order valence-electron chi connectivity index (χ0n) is 10.4. The Kier molecular flexibility index (Phi) is 4.05. The highest BCUT2D eigenvalue weighted by Gasteiger charge is 2.12. The van der Waals surface area contributed by atoms with Crippen LogP contribution in [0.1, 0.15) is 10.4 Å². The van der Waals surface area contributed by atoms with E-state index in [1.807, 2.05) is 0 Å². The second-order valence-electron chi connectivity index (χ2n) is 3.87. The first-order chi connectivity index (χ1) is 9.51. The number of hydrogen-bond donors (Lipinski definition) is 1. The van der Waals surface area contributed by atoms with E-state index in [1.54, 1.807) is 0 Å². The molecule has 0 saturated carbocycles. The van der Waals surface area contributed by atoms with Gasteiger partial charge in [-0.15, -0.1) is 0 Å². The molecule has 1 N–H and O–H groups in total. The van der Waals surface area contributed by atoms with Crippen LogP contribution < -0.4 is 14.8 Å². The second-order valence-corrected chi connectivity index (χ2v) is 4.26. The lowest BCUT2D eigenvalue weighted by atomic mass is 10.2. The van der Waals surface area contributed by atoms with Crippen molar-refractivity contribution in [2.45, 2.75) is 0 Å². The number of nitrogens with one attached hydrogen (secondary N) is 1. The molecule has 0 bridgehead atoms. The Balaban J connectivity index is 2.19. The molecular formula is C13H10ClFN2O3. The largest absolute Gasteiger partial charge is 0.618 e. The van der Waals surface area contributed by atoms with E-state index in [0.29, 0.717) is 4.73 Å². The molecule has 1 aromatic carbocycles. The Hall–Kier alpha value is -2.34. The molecule has 0 spiro atoms. The molecule has 0 fully saturated rings. The number of rotatable bonds is 3. The van der Waals surface area contributed by atoms with Crippen LogP contribution in [-0.4, -0.2) is 13.0 Å². The maximum atomic E-state index is 13.5. The molecule has 5 nitrogen and oxygen atoms in total. The lowest BCUT2D eigenvalue weighted by Crippen LogP contribution is -2.29. The van der Waals surface area contributed by atoms with E-state index in [1.165, 1.54) is 31.4 Å². The summed E-state index contributed by atoms with van der Waals surface area (Å²) in [6.45, 7) is 0. The Morgan fingerprint density at radius 2 is 2.15 bits per heavy atom. The van der Waals surface area contributed by atoms with E-state index in [9.17, 15) is 14.4 Å². The second kappa shape index (κ2) is 5.75. The molecule has 0 aliphatic rings. The summed E-state index contributed by atoms with van der Waals surface area (Å²) in [6, 6.07) is 6.70. The first-order valence-corrected chi connectivity index (χ1v) is 5.92. The number of carbonyl (C=O) groups excluding carboxylic acids is 1. The number of halogens is 2. The molecule has 1 amide bonds. The number of anilines is 1. The topological polar surface area (TPSA) is 65.3 Å². The minimum Gasteiger partial charge on any atom is -0.618 e. The molecule has 2 rings (SSSR count). The molecule has 0 saturated heterocycles. The molecule has 0 aliphatic carbocycles. The van der Waals surface area contributed by atoms with E-state index >= 15 is 0 Å². The fourth-order valence-electron chi connectivity index (χ4n) is 1.54. The van der Waals surface area contributed by atoms with Crippen LogP contribution in [0.3, 0.4) is 0 Å². The Bertz CT molecular complexity index is 664. The molecule has 7 heteroatoms. The summed E-state index contributed by atoms with van der Waals surface area (Å²) in [5.74, 6) is -1.07. The number of aromatic nitrogens is 1. The van der Waals surface area contributed by atoms with Gasteiger partial charge in [0.2, 0.25) is 0 Å². The average molecular weight is 297 g/mol. The molecule has 1 aromatic heterocycles. The molecule has 0 aliphatic heterocycles. The summed E-state index contributed by atoms with van der Waals surface area (Å²) >= 11 is 5.55. The summed E-state index contributed by atoms with van der Waals surface area (Å²) < 4.78 is 18.6. The molecule has 2 aromatic rings. The molecule has 20 heavy (non-hydrogen) atoms. The van der Waals surface area contributed by atoms with Gasteiger partial charge >= 0.3 is 0 Å². The van der Waals surface area contributed by atoms with Crippen LogP contribution in [0.25, 0.3) is 0 Å². The van der Waals surface area contributed by atoms with Gasteiger partial charge in [-0.1, -0.05) is 0 Å². The molecule has 0 radical (unpaired) electrons. The van der Waals surface area contributed by atoms with E-state index in [-0.39, 0.29) is 22.2 Å². The van der Waals surface area contributed by atoms with Gasteiger partial charge in [-0.25, -0.2) is 4.39 Å². The number of amides is 1. The van der Waals surface area contributed by atoms with Crippen molar-refractivity contribution < 1.29 is 18.7 Å². The van der Waals surface area contributed by atoms with Crippen LogP contribution in [0, 0.1) is 11.0 Å². The van der Waals surface area contributed by atoms with Crippen molar-refractivity contribution in [2.75, 3.05) is 12.4 Å². The van der Waals surface area contributed by atoms with Gasteiger partial charge in [0.25, 0.3) is 11.1 Å². The van der Waals surface area contributed by atoms with Crippen molar-refractivity contribution in [3.63, 3.8) is 0 Å². The van der Waals surface area contributed by atoms with Crippen molar-refractivity contribution in [1.29, 1.82) is 0 Å². The predicted molar refractivity (Wildman–Crippen MR) is 71.3 cm³/mol. The van der Waals surface area contributed by atoms with Gasteiger partial charge in [-0.3, -0.25) is 4.79 Å². The van der Waals surface area contributed by atoms with E-state index < -0.39 is 11.7 Å². The van der Waals surface area contributed by atoms with Crippen molar-refractivity contribution in [1.82, 2.24) is 0 Å². The average Bonchev–Trinajstić information content (AvgIpc) is 2.42. The summed E-state index contributed by atoms with van der Waals surface area (Å²) in [6.07, 6.45) is 1.04. The number of benzene rings is 1. The fourth-order valence-corrected chi connectivity index (χ4v) is 1.66. The van der Waals surface area contributed by atoms with E-state index in [4.69, 9.17) is 16.3 Å². The molecule has 0 atom stereocenters. The number of ether oxygens (including phenoxy) is 1. The van der Waals surface area contributed by atoms with Crippen molar-refractivity contribution in [3.05, 3.63) is 58.3 Å². The van der Waals surface area contributed by atoms with Gasteiger partial charge in [-0.05, 0) is 29.8 Å². The quantitative estimate of drug-likeness (QED) is 0.537. The van der Waals surface area contributed by atoms with Crippen LogP contribution in [0.5, 0.6) is 5.75 Å². The lowest BCUT2D eigenvalue weighted by molar-refractivity contribution is -0.603. The molecule has 1 heterocycles. The highest BCUT2D eigenvalue weighted by atomic mass is 35.5. The van der Waals surface area contributed by atoms with Crippen LogP contribution in [0.15, 0.2) is 36.5 Å². The van der Waals surface area contributed by atoms with Gasteiger partial charge in [-0.2, -0.15) is 4.73 Å². The summed E-state index contributed by atoms with van der Waals surface area (Å²) in [5.41, 5.74) is 0.362. The predicted octanol–water partition coefficient (Wildman–Crippen LogP) is 2.37. The highest BCUT2D eigenvalue weighted by Crippen LogP contribution is 2.21. The molecular weight excluding hydrogens is 287 g/mol. The van der Waals surface area contributed by atoms with Crippen LogP contribution in [-0.2, 0) is 0 Å². The van der Waals surface area contributed by atoms with Crippen LogP contribution in [0.4, 0.5) is 10.1 Å². The maximum Gasteiger partial charge on any atom is 0.286 e. The first-order valence-electron chi connectivity index (χ1n) is 5.55. The van der Waals surface area contributed by atoms with Crippen molar-refractivity contribution in [2.24, 2.45) is 0 Å². The lowest BCUT2D eigenvalue weighted by Gasteiger charge is -2.07. The van der Waals surface area contributed by atoms with E-state index in [2.05, 4.69) is 5.32 Å². The van der Waals surface area contributed by atoms with Gasteiger partial charge < -0.3 is 15.3 Å². The van der Waals surface area contributed by atoms with Crippen LogP contribution in [0.2, 0.25) is 5.15 Å². The van der Waals surface area contributed by atoms with Gasteiger partial charge in [0.1, 0.15) is 5.56 Å². The molecule has 0 unspecified atom stereocenters. The zero-order chi connectivity index (χ0) is 14.7. The normalized spacial score (nSPS) is 10.2.